The van der Waals surface area contributed by atoms with E-state index >= 15 is 0 Å². The summed E-state index contributed by atoms with van der Waals surface area (Å²) in [4.78, 5) is 55.4. The Kier molecular flexibility index (Phi) is 25.9. The van der Waals surface area contributed by atoms with Crippen molar-refractivity contribution in [1.29, 1.82) is 0 Å². The highest BCUT2D eigenvalue weighted by molar-refractivity contribution is 7.46. The molecule has 11 nitrogen and oxygen atoms in total. The van der Waals surface area contributed by atoms with Gasteiger partial charge < -0.3 is 29.5 Å². The second-order valence-corrected chi connectivity index (χ2v) is 15.8. The third-order valence-corrected chi connectivity index (χ3v) is 9.84. The summed E-state index contributed by atoms with van der Waals surface area (Å²) in [5.74, 6) is -0.825. The number of esters is 2. The predicted octanol–water partition coefficient (Wildman–Crippen LogP) is 7.90. The van der Waals surface area contributed by atoms with Crippen LogP contribution in [0, 0.1) is 17.8 Å². The molecule has 0 aromatic heterocycles. The summed E-state index contributed by atoms with van der Waals surface area (Å²) in [7, 11) is -4.81. The number of ketones is 1. The summed E-state index contributed by atoms with van der Waals surface area (Å²) < 4.78 is 26.3. The maximum Gasteiger partial charge on any atom is 0.469 e. The molecule has 0 spiro atoms. The molecule has 0 aromatic rings. The number of phosphoric ester groups is 1. The van der Waals surface area contributed by atoms with Crippen molar-refractivity contribution in [3.05, 3.63) is 12.2 Å². The monoisotopic (exact) mass is 732 g/mol. The lowest BCUT2D eigenvalue weighted by Crippen LogP contribution is -2.29. The van der Waals surface area contributed by atoms with Gasteiger partial charge in [0.05, 0.1) is 18.8 Å². The fraction of sp³-hybridized carbons (Fsp3) is 0.868. The number of aliphatic hydroxyl groups excluding tert-OH is 2. The van der Waals surface area contributed by atoms with Crippen molar-refractivity contribution < 1.29 is 52.9 Å². The van der Waals surface area contributed by atoms with E-state index < -0.39 is 44.7 Å². The molecular formula is C38H69O11P. The van der Waals surface area contributed by atoms with Gasteiger partial charge in [-0.1, -0.05) is 129 Å². The van der Waals surface area contributed by atoms with Crippen molar-refractivity contribution in [1.82, 2.24) is 0 Å². The number of aliphatic hydroxyl groups is 2. The smallest absolute Gasteiger partial charge is 0.462 e. The number of unbranched alkanes of at least 4 members (excludes halogenated alkanes) is 13. The molecule has 1 aliphatic carbocycles. The van der Waals surface area contributed by atoms with Gasteiger partial charge in [0.2, 0.25) is 0 Å². The zero-order valence-electron chi connectivity index (χ0n) is 31.2. The second-order valence-electron chi connectivity index (χ2n) is 14.5. The Balaban J connectivity index is 2.31. The van der Waals surface area contributed by atoms with E-state index in [0.29, 0.717) is 32.1 Å². The van der Waals surface area contributed by atoms with Crippen molar-refractivity contribution in [3.8, 4) is 0 Å². The SMILES string of the molecule is CCCCC[C@H](O)/C=C/[C@H]1[C@H](O)CC(=O)[C@@H]1CCCCCCC(=O)O[C@H](COC(=O)CCCCCCCCCCCC(C)C)COP(=O)(O)O. The summed E-state index contributed by atoms with van der Waals surface area (Å²) in [6, 6.07) is 0. The molecule has 12 heteroatoms. The van der Waals surface area contributed by atoms with Crippen LogP contribution < -0.4 is 0 Å². The molecule has 1 fully saturated rings. The summed E-state index contributed by atoms with van der Waals surface area (Å²) in [6.45, 7) is 5.66. The Labute approximate surface area is 301 Å². The predicted molar refractivity (Wildman–Crippen MR) is 194 cm³/mol. The zero-order valence-corrected chi connectivity index (χ0v) is 32.1. The summed E-state index contributed by atoms with van der Waals surface area (Å²) >= 11 is 0. The average Bonchev–Trinajstić information content (AvgIpc) is 3.32. The van der Waals surface area contributed by atoms with E-state index in [4.69, 9.17) is 19.3 Å². The Morgan fingerprint density at radius 3 is 1.98 bits per heavy atom. The van der Waals surface area contributed by atoms with Crippen molar-refractivity contribution in [2.45, 2.75) is 180 Å². The van der Waals surface area contributed by atoms with Crippen LogP contribution in [0.1, 0.15) is 162 Å². The van der Waals surface area contributed by atoms with Gasteiger partial charge in [0.25, 0.3) is 0 Å². The van der Waals surface area contributed by atoms with Gasteiger partial charge in [-0.25, -0.2) is 4.57 Å². The normalized spacial score (nSPS) is 19.4. The largest absolute Gasteiger partial charge is 0.469 e. The third kappa shape index (κ3) is 24.5. The van der Waals surface area contributed by atoms with E-state index in [1.54, 1.807) is 12.2 Å². The van der Waals surface area contributed by atoms with Crippen LogP contribution in [0.15, 0.2) is 12.2 Å². The van der Waals surface area contributed by atoms with Gasteiger partial charge in [-0.05, 0) is 31.6 Å². The maximum atomic E-state index is 12.5. The molecule has 0 unspecified atom stereocenters. The number of hydrogen-bond donors (Lipinski definition) is 4. The van der Waals surface area contributed by atoms with Crippen LogP contribution in [0.25, 0.3) is 0 Å². The fourth-order valence-electron chi connectivity index (χ4n) is 6.39. The lowest BCUT2D eigenvalue weighted by Gasteiger charge is -2.19. The van der Waals surface area contributed by atoms with Crippen LogP contribution in [-0.2, 0) is 32.9 Å². The van der Waals surface area contributed by atoms with Crippen LogP contribution in [0.2, 0.25) is 0 Å². The highest BCUT2D eigenvalue weighted by atomic mass is 31.2. The Hall–Kier alpha value is -1.62. The fourth-order valence-corrected chi connectivity index (χ4v) is 6.75. The van der Waals surface area contributed by atoms with Gasteiger partial charge in [0.1, 0.15) is 12.4 Å². The van der Waals surface area contributed by atoms with Crippen molar-refractivity contribution in [2.24, 2.45) is 17.8 Å². The van der Waals surface area contributed by atoms with Crippen LogP contribution >= 0.6 is 7.82 Å². The van der Waals surface area contributed by atoms with E-state index in [1.807, 2.05) is 0 Å². The van der Waals surface area contributed by atoms with Crippen molar-refractivity contribution in [2.75, 3.05) is 13.2 Å². The average molecular weight is 733 g/mol. The molecule has 0 aromatic carbocycles. The number of phosphoric acid groups is 1. The van der Waals surface area contributed by atoms with Gasteiger partial charge in [0.15, 0.2) is 6.10 Å². The first kappa shape index (κ1) is 46.4. The molecule has 0 radical (unpaired) electrons. The molecule has 0 heterocycles. The van der Waals surface area contributed by atoms with E-state index in [-0.39, 0.29) is 43.5 Å². The van der Waals surface area contributed by atoms with Crippen LogP contribution in [0.4, 0.5) is 0 Å². The summed E-state index contributed by atoms with van der Waals surface area (Å²) in [6.07, 6.45) is 19.9. The van der Waals surface area contributed by atoms with Gasteiger partial charge in [-0.3, -0.25) is 18.9 Å². The van der Waals surface area contributed by atoms with Crippen LogP contribution in [0.5, 0.6) is 0 Å². The van der Waals surface area contributed by atoms with Crippen molar-refractivity contribution >= 4 is 25.5 Å². The number of carbonyl (C=O) groups excluding carboxylic acids is 3. The van der Waals surface area contributed by atoms with Gasteiger partial charge in [-0.15, -0.1) is 0 Å². The number of rotatable bonds is 31. The van der Waals surface area contributed by atoms with E-state index in [1.165, 1.54) is 38.5 Å². The lowest BCUT2D eigenvalue weighted by molar-refractivity contribution is -0.161. The number of Topliss-reactive ketones (excluding diaryl/α,β-unsaturated/α-hetero) is 1. The molecule has 50 heavy (non-hydrogen) atoms. The number of carbonyl (C=O) groups is 3. The maximum absolute atomic E-state index is 12.5. The molecule has 1 aliphatic rings. The lowest BCUT2D eigenvalue weighted by atomic mass is 9.88. The van der Waals surface area contributed by atoms with Crippen molar-refractivity contribution in [3.63, 3.8) is 0 Å². The van der Waals surface area contributed by atoms with E-state index in [2.05, 4.69) is 25.3 Å². The highest BCUT2D eigenvalue weighted by Crippen LogP contribution is 2.36. The summed E-state index contributed by atoms with van der Waals surface area (Å²) in [5, 5.41) is 20.6. The molecule has 0 amide bonds. The van der Waals surface area contributed by atoms with Gasteiger partial charge in [0, 0.05) is 31.1 Å². The quantitative estimate of drug-likeness (QED) is 0.0236. The molecule has 0 aliphatic heterocycles. The minimum absolute atomic E-state index is 0.0362. The highest BCUT2D eigenvalue weighted by Gasteiger charge is 2.39. The Morgan fingerprint density at radius 2 is 1.38 bits per heavy atom. The topological polar surface area (TPSA) is 177 Å². The standard InChI is InChI=1S/C38H69O11P/c1-4-5-15-21-31(39)25-26-34-33(35(40)27-36(34)41)22-17-13-14-19-24-38(43)49-32(29-48-50(44,45)46)28-47-37(42)23-18-12-10-8-6-7-9-11-16-20-30(2)3/h25-26,30-34,36,39,41H,4-24,27-29H2,1-3H3,(H2,44,45,46)/b26-25+/t31-,32+,33+,34+,36+/m0/s1. The molecule has 4 N–H and O–H groups in total. The third-order valence-electron chi connectivity index (χ3n) is 9.36. The molecule has 0 bridgehead atoms. The van der Waals surface area contributed by atoms with Crippen LogP contribution in [-0.4, -0.2) is 69.2 Å². The Morgan fingerprint density at radius 1 is 0.820 bits per heavy atom. The molecule has 5 atom stereocenters. The van der Waals surface area contributed by atoms with E-state index in [0.717, 1.165) is 57.3 Å². The molecule has 1 rings (SSSR count). The van der Waals surface area contributed by atoms with Crippen LogP contribution in [0.3, 0.4) is 0 Å². The molecular weight excluding hydrogens is 663 g/mol. The minimum Gasteiger partial charge on any atom is -0.462 e. The number of hydrogen-bond acceptors (Lipinski definition) is 9. The van der Waals surface area contributed by atoms with E-state index in [9.17, 15) is 29.2 Å². The minimum atomic E-state index is -4.81. The first-order valence-corrected chi connectivity index (χ1v) is 21.0. The van der Waals surface area contributed by atoms with Gasteiger partial charge >= 0.3 is 19.8 Å². The first-order valence-electron chi connectivity index (χ1n) is 19.4. The zero-order chi connectivity index (χ0) is 37.2. The Bertz CT molecular complexity index is 995. The first-order chi connectivity index (χ1) is 23.8. The number of ether oxygens (including phenoxy) is 2. The second kappa shape index (κ2) is 28.0. The molecule has 0 saturated heterocycles. The molecule has 1 saturated carbocycles. The summed E-state index contributed by atoms with van der Waals surface area (Å²) in [5.41, 5.74) is 0. The molecule has 292 valence electrons. The van der Waals surface area contributed by atoms with Gasteiger partial charge in [-0.2, -0.15) is 0 Å².